The van der Waals surface area contributed by atoms with Crippen LogP contribution >= 0.6 is 0 Å². The molecular formula is C15H19NO4. The second-order valence-electron chi connectivity index (χ2n) is 4.98. The zero-order valence-corrected chi connectivity index (χ0v) is 11.3. The van der Waals surface area contributed by atoms with Crippen LogP contribution in [0.25, 0.3) is 0 Å². The van der Waals surface area contributed by atoms with Crippen molar-refractivity contribution in [1.82, 2.24) is 5.32 Å². The molecule has 0 saturated carbocycles. The van der Waals surface area contributed by atoms with Crippen molar-refractivity contribution < 1.29 is 19.4 Å². The molecule has 0 radical (unpaired) electrons. The molecule has 1 atom stereocenters. The van der Waals surface area contributed by atoms with Crippen molar-refractivity contribution in [2.75, 3.05) is 13.2 Å². The van der Waals surface area contributed by atoms with Gasteiger partial charge in [-0.05, 0) is 37.0 Å². The number of carboxylic acid groups (broad SMARTS) is 1. The van der Waals surface area contributed by atoms with Gasteiger partial charge in [-0.2, -0.15) is 0 Å². The SMILES string of the molecule is O=C(CCc1ccc(C(=O)O)cc1)NC1CCCOC1. The van der Waals surface area contributed by atoms with E-state index in [9.17, 15) is 9.59 Å². The van der Waals surface area contributed by atoms with E-state index < -0.39 is 5.97 Å². The Labute approximate surface area is 117 Å². The molecule has 2 rings (SSSR count). The van der Waals surface area contributed by atoms with Gasteiger partial charge in [0.1, 0.15) is 0 Å². The quantitative estimate of drug-likeness (QED) is 0.857. The highest BCUT2D eigenvalue weighted by atomic mass is 16.5. The number of carbonyl (C=O) groups excluding carboxylic acids is 1. The fraction of sp³-hybridized carbons (Fsp3) is 0.467. The number of carboxylic acids is 1. The van der Waals surface area contributed by atoms with Crippen LogP contribution in [0, 0.1) is 0 Å². The van der Waals surface area contributed by atoms with Crippen LogP contribution in [-0.2, 0) is 16.0 Å². The Hall–Kier alpha value is -1.88. The summed E-state index contributed by atoms with van der Waals surface area (Å²) < 4.78 is 5.31. The number of nitrogens with one attached hydrogen (secondary N) is 1. The second-order valence-corrected chi connectivity index (χ2v) is 4.98. The lowest BCUT2D eigenvalue weighted by atomic mass is 10.1. The van der Waals surface area contributed by atoms with Crippen LogP contribution in [0.4, 0.5) is 0 Å². The molecule has 0 spiro atoms. The van der Waals surface area contributed by atoms with Crippen molar-refractivity contribution in [1.29, 1.82) is 0 Å². The smallest absolute Gasteiger partial charge is 0.335 e. The molecule has 1 aliphatic rings. The molecule has 0 aliphatic carbocycles. The summed E-state index contributed by atoms with van der Waals surface area (Å²) in [5.41, 5.74) is 1.22. The van der Waals surface area contributed by atoms with Gasteiger partial charge < -0.3 is 15.2 Å². The Morgan fingerprint density at radius 1 is 1.30 bits per heavy atom. The topological polar surface area (TPSA) is 75.6 Å². The van der Waals surface area contributed by atoms with E-state index in [1.807, 2.05) is 0 Å². The van der Waals surface area contributed by atoms with Crippen molar-refractivity contribution >= 4 is 11.9 Å². The molecular weight excluding hydrogens is 258 g/mol. The van der Waals surface area contributed by atoms with E-state index in [0.717, 1.165) is 25.0 Å². The standard InChI is InChI=1S/C15H19NO4/c17-14(16-13-2-1-9-20-10-13)8-5-11-3-6-12(7-4-11)15(18)19/h3-4,6-7,13H,1-2,5,8-10H2,(H,16,17)(H,18,19). The van der Waals surface area contributed by atoms with Crippen LogP contribution in [0.3, 0.4) is 0 Å². The number of aryl methyl sites for hydroxylation is 1. The summed E-state index contributed by atoms with van der Waals surface area (Å²) in [4.78, 5) is 22.5. The zero-order chi connectivity index (χ0) is 14.4. The maximum Gasteiger partial charge on any atom is 0.335 e. The lowest BCUT2D eigenvalue weighted by Gasteiger charge is -2.23. The molecule has 1 heterocycles. The van der Waals surface area contributed by atoms with E-state index in [-0.39, 0.29) is 17.5 Å². The number of rotatable bonds is 5. The molecule has 108 valence electrons. The van der Waals surface area contributed by atoms with Crippen LogP contribution in [-0.4, -0.2) is 36.2 Å². The van der Waals surface area contributed by atoms with Crippen LogP contribution in [0.5, 0.6) is 0 Å². The molecule has 1 amide bonds. The molecule has 5 nitrogen and oxygen atoms in total. The third kappa shape index (κ3) is 4.35. The number of ether oxygens (including phenoxy) is 1. The number of amides is 1. The minimum atomic E-state index is -0.938. The summed E-state index contributed by atoms with van der Waals surface area (Å²) in [6.45, 7) is 1.38. The van der Waals surface area contributed by atoms with Gasteiger partial charge >= 0.3 is 5.97 Å². The van der Waals surface area contributed by atoms with Crippen molar-refractivity contribution in [3.05, 3.63) is 35.4 Å². The third-order valence-corrected chi connectivity index (χ3v) is 3.37. The van der Waals surface area contributed by atoms with E-state index >= 15 is 0 Å². The van der Waals surface area contributed by atoms with Gasteiger partial charge in [-0.25, -0.2) is 4.79 Å². The van der Waals surface area contributed by atoms with Gasteiger partial charge in [0, 0.05) is 13.0 Å². The van der Waals surface area contributed by atoms with E-state index in [4.69, 9.17) is 9.84 Å². The summed E-state index contributed by atoms with van der Waals surface area (Å²) in [5, 5.41) is 11.8. The number of benzene rings is 1. The second kappa shape index (κ2) is 7.05. The minimum absolute atomic E-state index is 0.0165. The lowest BCUT2D eigenvalue weighted by molar-refractivity contribution is -0.122. The van der Waals surface area contributed by atoms with E-state index in [1.54, 1.807) is 24.3 Å². The number of aromatic carboxylic acids is 1. The van der Waals surface area contributed by atoms with Crippen molar-refractivity contribution in [3.63, 3.8) is 0 Å². The van der Waals surface area contributed by atoms with Crippen LogP contribution < -0.4 is 5.32 Å². The average Bonchev–Trinajstić information content (AvgIpc) is 2.46. The molecule has 1 saturated heterocycles. The molecule has 0 aromatic heterocycles. The van der Waals surface area contributed by atoms with Crippen LogP contribution in [0.2, 0.25) is 0 Å². The van der Waals surface area contributed by atoms with Crippen LogP contribution in [0.1, 0.15) is 35.2 Å². The van der Waals surface area contributed by atoms with Gasteiger partial charge in [0.05, 0.1) is 18.2 Å². The van der Waals surface area contributed by atoms with Crippen molar-refractivity contribution in [2.24, 2.45) is 0 Å². The number of hydrogen-bond donors (Lipinski definition) is 2. The summed E-state index contributed by atoms with van der Waals surface area (Å²) in [5.74, 6) is -0.922. The molecule has 20 heavy (non-hydrogen) atoms. The summed E-state index contributed by atoms with van der Waals surface area (Å²) >= 11 is 0. The van der Waals surface area contributed by atoms with Gasteiger partial charge in [0.25, 0.3) is 0 Å². The molecule has 1 aliphatic heterocycles. The Morgan fingerprint density at radius 2 is 2.05 bits per heavy atom. The molecule has 1 aromatic carbocycles. The molecule has 2 N–H and O–H groups in total. The first-order chi connectivity index (χ1) is 9.65. The lowest BCUT2D eigenvalue weighted by Crippen LogP contribution is -2.40. The Bertz CT molecular complexity index is 463. The Balaban J connectivity index is 1.76. The highest BCUT2D eigenvalue weighted by Crippen LogP contribution is 2.09. The monoisotopic (exact) mass is 277 g/mol. The first-order valence-corrected chi connectivity index (χ1v) is 6.84. The largest absolute Gasteiger partial charge is 0.478 e. The predicted molar refractivity (Wildman–Crippen MR) is 73.7 cm³/mol. The van der Waals surface area contributed by atoms with Crippen molar-refractivity contribution in [3.8, 4) is 0 Å². The molecule has 1 fully saturated rings. The first kappa shape index (κ1) is 14.5. The fourth-order valence-electron chi connectivity index (χ4n) is 2.23. The third-order valence-electron chi connectivity index (χ3n) is 3.37. The summed E-state index contributed by atoms with van der Waals surface area (Å²) in [7, 11) is 0. The summed E-state index contributed by atoms with van der Waals surface area (Å²) in [6, 6.07) is 6.75. The number of hydrogen-bond acceptors (Lipinski definition) is 3. The molecule has 1 unspecified atom stereocenters. The molecule has 0 bridgehead atoms. The first-order valence-electron chi connectivity index (χ1n) is 6.84. The minimum Gasteiger partial charge on any atom is -0.478 e. The maximum absolute atomic E-state index is 11.8. The van der Waals surface area contributed by atoms with Gasteiger partial charge in [0.15, 0.2) is 0 Å². The highest BCUT2D eigenvalue weighted by molar-refractivity contribution is 5.87. The fourth-order valence-corrected chi connectivity index (χ4v) is 2.23. The molecule has 1 aromatic rings. The summed E-state index contributed by atoms with van der Waals surface area (Å²) in [6.07, 6.45) is 2.98. The average molecular weight is 277 g/mol. The van der Waals surface area contributed by atoms with Gasteiger partial charge in [0.2, 0.25) is 5.91 Å². The predicted octanol–water partition coefficient (Wildman–Crippen LogP) is 1.61. The number of carbonyl (C=O) groups is 2. The van der Waals surface area contributed by atoms with Gasteiger partial charge in [-0.15, -0.1) is 0 Å². The van der Waals surface area contributed by atoms with Crippen LogP contribution in [0.15, 0.2) is 24.3 Å². The maximum atomic E-state index is 11.8. The Kier molecular flexibility index (Phi) is 5.12. The Morgan fingerprint density at radius 3 is 2.65 bits per heavy atom. The van der Waals surface area contributed by atoms with E-state index in [2.05, 4.69) is 5.32 Å². The van der Waals surface area contributed by atoms with Gasteiger partial charge in [-0.3, -0.25) is 4.79 Å². The van der Waals surface area contributed by atoms with Gasteiger partial charge in [-0.1, -0.05) is 12.1 Å². The van der Waals surface area contributed by atoms with Crippen molar-refractivity contribution in [2.45, 2.75) is 31.7 Å². The van der Waals surface area contributed by atoms with E-state index in [0.29, 0.717) is 19.4 Å². The normalized spacial score (nSPS) is 18.5. The zero-order valence-electron chi connectivity index (χ0n) is 11.3. The highest BCUT2D eigenvalue weighted by Gasteiger charge is 2.15. The molecule has 5 heteroatoms. The van der Waals surface area contributed by atoms with E-state index in [1.165, 1.54) is 0 Å².